The Labute approximate surface area is 146 Å². The molecule has 0 saturated heterocycles. The van der Waals surface area contributed by atoms with Gasteiger partial charge in [-0.15, -0.1) is 0 Å². The molecular weight excluding hydrogens is 408 g/mol. The molecule has 0 aliphatic heterocycles. The van der Waals surface area contributed by atoms with E-state index >= 15 is 0 Å². The molecule has 0 fully saturated rings. The van der Waals surface area contributed by atoms with Crippen molar-refractivity contribution in [2.45, 2.75) is 31.8 Å². The maximum absolute atomic E-state index is 11.2. The molecule has 2 aromatic carbocycles. The van der Waals surface area contributed by atoms with Crippen molar-refractivity contribution in [1.29, 1.82) is 0 Å². The van der Waals surface area contributed by atoms with Crippen molar-refractivity contribution in [2.75, 3.05) is 0 Å². The Kier molecular flexibility index (Phi) is 4.81. The second-order valence-electron chi connectivity index (χ2n) is 5.55. The highest BCUT2D eigenvalue weighted by molar-refractivity contribution is 9.10. The van der Waals surface area contributed by atoms with E-state index < -0.39 is 0 Å². The topological polar surface area (TPSA) is 37.3 Å². The van der Waals surface area contributed by atoms with Crippen molar-refractivity contribution in [3.8, 4) is 0 Å². The first kappa shape index (κ1) is 15.9. The molecule has 0 aromatic heterocycles. The van der Waals surface area contributed by atoms with Crippen molar-refractivity contribution in [1.82, 2.24) is 0 Å². The number of hydrogen-bond acceptors (Lipinski definition) is 2. The average Bonchev–Trinajstić information content (AvgIpc) is 3.07. The Balaban J connectivity index is 0.000000131. The fourth-order valence-electron chi connectivity index (χ4n) is 3.04. The first-order chi connectivity index (χ1) is 10.6. The average molecular weight is 424 g/mol. The van der Waals surface area contributed by atoms with Crippen LogP contribution in [0.25, 0.3) is 0 Å². The molecule has 0 spiro atoms. The van der Waals surface area contributed by atoms with Crippen LogP contribution in [-0.2, 0) is 12.8 Å². The Bertz CT molecular complexity index is 725. The molecule has 4 rings (SSSR count). The summed E-state index contributed by atoms with van der Waals surface area (Å²) in [6.45, 7) is 0. The zero-order valence-corrected chi connectivity index (χ0v) is 15.2. The lowest BCUT2D eigenvalue weighted by Gasteiger charge is -2.03. The van der Waals surface area contributed by atoms with Gasteiger partial charge in [-0.25, -0.2) is 0 Å². The number of rotatable bonds is 0. The number of aliphatic hydroxyl groups excluding tert-OH is 1. The van der Waals surface area contributed by atoms with Crippen molar-refractivity contribution < 1.29 is 9.90 Å². The van der Waals surface area contributed by atoms with Crippen LogP contribution < -0.4 is 0 Å². The molecule has 2 aliphatic rings. The SMILES string of the molecule is O=C1CCc2c(Br)cccc21.O[C@H]1CCc2c(Br)cccc21. The number of aliphatic hydroxyl groups is 1. The van der Waals surface area contributed by atoms with E-state index in [1.54, 1.807) is 0 Å². The van der Waals surface area contributed by atoms with Crippen LogP contribution in [0, 0.1) is 0 Å². The summed E-state index contributed by atoms with van der Waals surface area (Å²) in [5.41, 5.74) is 4.45. The van der Waals surface area contributed by atoms with E-state index in [-0.39, 0.29) is 11.9 Å². The highest BCUT2D eigenvalue weighted by Gasteiger charge is 2.21. The third-order valence-electron chi connectivity index (χ3n) is 4.20. The van der Waals surface area contributed by atoms with Crippen molar-refractivity contribution in [2.24, 2.45) is 0 Å². The number of Topliss-reactive ketones (excluding diaryl/α,β-unsaturated/α-hetero) is 1. The van der Waals surface area contributed by atoms with Crippen LogP contribution >= 0.6 is 31.9 Å². The summed E-state index contributed by atoms with van der Waals surface area (Å²) < 4.78 is 2.20. The van der Waals surface area contributed by atoms with Gasteiger partial charge in [0, 0.05) is 20.9 Å². The molecule has 22 heavy (non-hydrogen) atoms. The molecule has 1 atom stereocenters. The smallest absolute Gasteiger partial charge is 0.163 e. The van der Waals surface area contributed by atoms with Crippen molar-refractivity contribution >= 4 is 37.6 Å². The molecule has 2 nitrogen and oxygen atoms in total. The molecule has 0 saturated carbocycles. The zero-order chi connectivity index (χ0) is 15.7. The van der Waals surface area contributed by atoms with Crippen LogP contribution in [0.3, 0.4) is 0 Å². The molecule has 0 bridgehead atoms. The maximum atomic E-state index is 11.2. The molecule has 0 radical (unpaired) electrons. The molecule has 2 aliphatic carbocycles. The highest BCUT2D eigenvalue weighted by Crippen LogP contribution is 2.35. The Hall–Kier alpha value is -0.970. The van der Waals surface area contributed by atoms with Gasteiger partial charge in [-0.05, 0) is 48.1 Å². The lowest BCUT2D eigenvalue weighted by atomic mass is 10.1. The summed E-state index contributed by atoms with van der Waals surface area (Å²) in [4.78, 5) is 11.2. The summed E-state index contributed by atoms with van der Waals surface area (Å²) in [7, 11) is 0. The van der Waals surface area contributed by atoms with Gasteiger partial charge in [0.05, 0.1) is 6.10 Å². The minimum atomic E-state index is -0.234. The van der Waals surface area contributed by atoms with Crippen LogP contribution in [0.5, 0.6) is 0 Å². The van der Waals surface area contributed by atoms with Gasteiger partial charge in [0.25, 0.3) is 0 Å². The largest absolute Gasteiger partial charge is 0.388 e. The van der Waals surface area contributed by atoms with E-state index in [0.29, 0.717) is 6.42 Å². The zero-order valence-electron chi connectivity index (χ0n) is 12.0. The predicted octanol–water partition coefficient (Wildman–Crippen LogP) is 5.01. The number of carbonyl (C=O) groups is 1. The van der Waals surface area contributed by atoms with E-state index in [4.69, 9.17) is 0 Å². The number of ketones is 1. The number of halogens is 2. The summed E-state index contributed by atoms with van der Waals surface area (Å²) in [6.07, 6.45) is 3.21. The highest BCUT2D eigenvalue weighted by atomic mass is 79.9. The second kappa shape index (κ2) is 6.65. The normalized spacial score (nSPS) is 18.5. The third-order valence-corrected chi connectivity index (χ3v) is 5.69. The van der Waals surface area contributed by atoms with E-state index in [2.05, 4.69) is 31.9 Å². The number of carbonyl (C=O) groups excluding carboxylic acids is 1. The second-order valence-corrected chi connectivity index (χ2v) is 7.26. The quantitative estimate of drug-likeness (QED) is 0.646. The Morgan fingerprint density at radius 3 is 2.27 bits per heavy atom. The molecule has 2 aromatic rings. The lowest BCUT2D eigenvalue weighted by Crippen LogP contribution is -1.89. The molecule has 1 N–H and O–H groups in total. The summed E-state index contributed by atoms with van der Waals surface area (Å²) in [5.74, 6) is 0.279. The number of fused-ring (bicyclic) bond motifs is 2. The fourth-order valence-corrected chi connectivity index (χ4v) is 4.18. The number of hydrogen-bond donors (Lipinski definition) is 1. The molecule has 114 valence electrons. The Morgan fingerprint density at radius 2 is 1.59 bits per heavy atom. The first-order valence-electron chi connectivity index (χ1n) is 7.34. The van der Waals surface area contributed by atoms with E-state index in [1.807, 2.05) is 36.4 Å². The van der Waals surface area contributed by atoms with Crippen LogP contribution in [0.1, 0.15) is 46.0 Å². The van der Waals surface area contributed by atoms with Crippen LogP contribution in [0.4, 0.5) is 0 Å². The van der Waals surface area contributed by atoms with Gasteiger partial charge in [0.1, 0.15) is 0 Å². The van der Waals surface area contributed by atoms with Gasteiger partial charge in [-0.2, -0.15) is 0 Å². The monoisotopic (exact) mass is 422 g/mol. The van der Waals surface area contributed by atoms with E-state index in [0.717, 1.165) is 39.3 Å². The molecule has 0 heterocycles. The third kappa shape index (κ3) is 3.05. The van der Waals surface area contributed by atoms with Crippen LogP contribution in [0.2, 0.25) is 0 Å². The standard InChI is InChI=1S/C9H9BrO.C9H7BrO/c2*10-8-3-1-2-7-6(8)4-5-9(7)11/h1-3,9,11H,4-5H2;1-3H,4-5H2/t9-;/m0./s1. The van der Waals surface area contributed by atoms with Crippen LogP contribution in [0.15, 0.2) is 45.3 Å². The van der Waals surface area contributed by atoms with Gasteiger partial charge in [0.15, 0.2) is 5.78 Å². The van der Waals surface area contributed by atoms with E-state index in [9.17, 15) is 9.90 Å². The van der Waals surface area contributed by atoms with Crippen molar-refractivity contribution in [3.05, 3.63) is 67.6 Å². The molecule has 0 amide bonds. The fraction of sp³-hybridized carbons (Fsp3) is 0.278. The van der Waals surface area contributed by atoms with Crippen molar-refractivity contribution in [3.63, 3.8) is 0 Å². The molecule has 0 unspecified atom stereocenters. The Morgan fingerprint density at radius 1 is 0.909 bits per heavy atom. The van der Waals surface area contributed by atoms with Crippen LogP contribution in [-0.4, -0.2) is 10.9 Å². The summed E-state index contributed by atoms with van der Waals surface area (Å²) in [6, 6.07) is 11.8. The molecule has 4 heteroatoms. The van der Waals surface area contributed by atoms with Gasteiger partial charge in [-0.1, -0.05) is 56.1 Å². The van der Waals surface area contributed by atoms with Gasteiger partial charge in [0.2, 0.25) is 0 Å². The predicted molar refractivity (Wildman–Crippen MR) is 94.2 cm³/mol. The van der Waals surface area contributed by atoms with E-state index in [1.165, 1.54) is 11.1 Å². The summed E-state index contributed by atoms with van der Waals surface area (Å²) in [5, 5.41) is 9.48. The number of benzene rings is 2. The van der Waals surface area contributed by atoms with Gasteiger partial charge in [-0.3, -0.25) is 4.79 Å². The lowest BCUT2D eigenvalue weighted by molar-refractivity contribution is 0.0994. The van der Waals surface area contributed by atoms with Gasteiger partial charge >= 0.3 is 0 Å². The summed E-state index contributed by atoms with van der Waals surface area (Å²) >= 11 is 6.89. The molecular formula is C18H16Br2O2. The van der Waals surface area contributed by atoms with Gasteiger partial charge < -0.3 is 5.11 Å². The first-order valence-corrected chi connectivity index (χ1v) is 8.92. The maximum Gasteiger partial charge on any atom is 0.163 e. The minimum Gasteiger partial charge on any atom is -0.388 e. The minimum absolute atomic E-state index is 0.234.